The van der Waals surface area contributed by atoms with Crippen molar-refractivity contribution in [2.24, 2.45) is 5.92 Å². The van der Waals surface area contributed by atoms with Gasteiger partial charge in [0.15, 0.2) is 0 Å². The molecule has 2 unspecified atom stereocenters. The summed E-state index contributed by atoms with van der Waals surface area (Å²) in [6.45, 7) is 0.874. The van der Waals surface area contributed by atoms with E-state index in [0.717, 1.165) is 19.4 Å². The van der Waals surface area contributed by atoms with Gasteiger partial charge in [-0.25, -0.2) is 0 Å². The zero-order chi connectivity index (χ0) is 10.7. The van der Waals surface area contributed by atoms with Crippen molar-refractivity contribution in [1.29, 1.82) is 5.26 Å². The lowest BCUT2D eigenvalue weighted by atomic mass is 10.0. The molecule has 1 aromatic heterocycles. The van der Waals surface area contributed by atoms with E-state index in [4.69, 9.17) is 9.68 Å². The van der Waals surface area contributed by atoms with Crippen LogP contribution in [0.25, 0.3) is 0 Å². The third kappa shape index (κ3) is 2.21. The number of nitrogens with zero attached hydrogens (tertiary/aromatic N) is 2. The highest BCUT2D eigenvalue weighted by Crippen LogP contribution is 2.29. The van der Waals surface area contributed by atoms with Crippen LogP contribution >= 0.6 is 0 Å². The highest BCUT2D eigenvalue weighted by Gasteiger charge is 2.30. The summed E-state index contributed by atoms with van der Waals surface area (Å²) in [6.07, 6.45) is 6.84. The topological polar surface area (TPSA) is 40.2 Å². The summed E-state index contributed by atoms with van der Waals surface area (Å²) in [5.41, 5.74) is 1.18. The predicted molar refractivity (Wildman–Crippen MR) is 56.9 cm³/mol. The first-order chi connectivity index (χ1) is 7.31. The summed E-state index contributed by atoms with van der Waals surface area (Å²) in [5, 5.41) is 9.02. The van der Waals surface area contributed by atoms with Crippen LogP contribution in [0.4, 0.5) is 0 Å². The number of hydrogen-bond acceptors (Lipinski definition) is 3. The van der Waals surface area contributed by atoms with Crippen molar-refractivity contribution in [3.8, 4) is 6.07 Å². The average Bonchev–Trinajstić information content (AvgIpc) is 2.86. The summed E-state index contributed by atoms with van der Waals surface area (Å²) < 4.78 is 5.04. The van der Waals surface area contributed by atoms with E-state index in [9.17, 15) is 0 Å². The van der Waals surface area contributed by atoms with Gasteiger partial charge in [-0.3, -0.25) is 4.90 Å². The molecule has 80 valence electrons. The lowest BCUT2D eigenvalue weighted by molar-refractivity contribution is 0.212. The molecule has 15 heavy (non-hydrogen) atoms. The number of hydrogen-bond donors (Lipinski definition) is 0. The molecule has 0 amide bonds. The Morgan fingerprint density at radius 2 is 2.47 bits per heavy atom. The van der Waals surface area contributed by atoms with Gasteiger partial charge in [0.05, 0.1) is 24.5 Å². The summed E-state index contributed by atoms with van der Waals surface area (Å²) >= 11 is 0. The zero-order valence-corrected chi connectivity index (χ0v) is 9.02. The summed E-state index contributed by atoms with van der Waals surface area (Å²) in [5.74, 6) is 0.210. The van der Waals surface area contributed by atoms with E-state index in [-0.39, 0.29) is 5.92 Å². The predicted octanol–water partition coefficient (Wildman–Crippen LogP) is 2.40. The van der Waals surface area contributed by atoms with Crippen molar-refractivity contribution >= 4 is 0 Å². The normalized spacial score (nSPS) is 25.7. The molecule has 1 fully saturated rings. The molecular formula is C12H16N2O. The second-order valence-corrected chi connectivity index (χ2v) is 4.28. The van der Waals surface area contributed by atoms with Crippen LogP contribution < -0.4 is 0 Å². The summed E-state index contributed by atoms with van der Waals surface area (Å²) in [6, 6.07) is 4.81. The van der Waals surface area contributed by atoms with Gasteiger partial charge in [0.25, 0.3) is 0 Å². The van der Waals surface area contributed by atoms with E-state index in [1.807, 2.05) is 6.07 Å². The Labute approximate surface area is 90.3 Å². The quantitative estimate of drug-likeness (QED) is 0.759. The standard InChI is InChI=1S/C12H16N2O/c1-14(8-10-5-6-15-9-10)12-4-2-3-11(12)7-13/h5-6,9,11-12H,2-4,8H2,1H3. The zero-order valence-electron chi connectivity index (χ0n) is 9.02. The maximum atomic E-state index is 9.02. The molecule has 1 heterocycles. The third-order valence-electron chi connectivity index (χ3n) is 3.22. The Kier molecular flexibility index (Phi) is 3.08. The van der Waals surface area contributed by atoms with Crippen LogP contribution in [0.3, 0.4) is 0 Å². The SMILES string of the molecule is CN(Cc1ccoc1)C1CCCC1C#N. The number of furan rings is 1. The molecule has 0 aromatic carbocycles. The Morgan fingerprint density at radius 1 is 1.60 bits per heavy atom. The molecule has 2 atom stereocenters. The molecule has 2 rings (SSSR count). The van der Waals surface area contributed by atoms with E-state index in [2.05, 4.69) is 18.0 Å². The van der Waals surface area contributed by atoms with Gasteiger partial charge in [0.2, 0.25) is 0 Å². The van der Waals surface area contributed by atoms with Gasteiger partial charge in [-0.15, -0.1) is 0 Å². The van der Waals surface area contributed by atoms with Crippen molar-refractivity contribution < 1.29 is 4.42 Å². The lowest BCUT2D eigenvalue weighted by Crippen LogP contribution is -2.33. The fraction of sp³-hybridized carbons (Fsp3) is 0.583. The van der Waals surface area contributed by atoms with Gasteiger partial charge < -0.3 is 4.42 Å². The highest BCUT2D eigenvalue weighted by atomic mass is 16.3. The minimum atomic E-state index is 0.210. The molecule has 1 aliphatic carbocycles. The van der Waals surface area contributed by atoms with Gasteiger partial charge in [0, 0.05) is 18.2 Å². The Morgan fingerprint density at radius 3 is 3.13 bits per heavy atom. The van der Waals surface area contributed by atoms with E-state index in [0.29, 0.717) is 6.04 Å². The first-order valence-electron chi connectivity index (χ1n) is 5.42. The van der Waals surface area contributed by atoms with Crippen LogP contribution in [0.15, 0.2) is 23.0 Å². The lowest BCUT2D eigenvalue weighted by Gasteiger charge is -2.25. The van der Waals surface area contributed by atoms with E-state index < -0.39 is 0 Å². The maximum Gasteiger partial charge on any atom is 0.0947 e. The molecule has 1 aromatic rings. The van der Waals surface area contributed by atoms with Crippen LogP contribution in [0.1, 0.15) is 24.8 Å². The fourth-order valence-corrected chi connectivity index (χ4v) is 2.41. The maximum absolute atomic E-state index is 9.02. The van der Waals surface area contributed by atoms with Crippen LogP contribution in [-0.2, 0) is 6.54 Å². The van der Waals surface area contributed by atoms with Crippen LogP contribution in [-0.4, -0.2) is 18.0 Å². The minimum Gasteiger partial charge on any atom is -0.472 e. The van der Waals surface area contributed by atoms with E-state index >= 15 is 0 Å². The number of rotatable bonds is 3. The smallest absolute Gasteiger partial charge is 0.0947 e. The van der Waals surface area contributed by atoms with Gasteiger partial charge in [0.1, 0.15) is 0 Å². The molecule has 0 saturated heterocycles. The monoisotopic (exact) mass is 204 g/mol. The largest absolute Gasteiger partial charge is 0.472 e. The van der Waals surface area contributed by atoms with E-state index in [1.54, 1.807) is 12.5 Å². The Bertz CT molecular complexity index is 339. The van der Waals surface area contributed by atoms with Crippen LogP contribution in [0, 0.1) is 17.2 Å². The molecule has 0 radical (unpaired) electrons. The minimum absolute atomic E-state index is 0.210. The second kappa shape index (κ2) is 4.50. The summed E-state index contributed by atoms with van der Waals surface area (Å²) in [4.78, 5) is 2.27. The Hall–Kier alpha value is -1.27. The van der Waals surface area contributed by atoms with Crippen LogP contribution in [0.2, 0.25) is 0 Å². The average molecular weight is 204 g/mol. The van der Waals surface area contributed by atoms with Gasteiger partial charge in [-0.2, -0.15) is 5.26 Å². The van der Waals surface area contributed by atoms with Gasteiger partial charge in [-0.1, -0.05) is 6.42 Å². The number of nitriles is 1. The van der Waals surface area contributed by atoms with Crippen molar-refractivity contribution in [3.63, 3.8) is 0 Å². The van der Waals surface area contributed by atoms with Crippen molar-refractivity contribution in [2.75, 3.05) is 7.05 Å². The molecule has 0 bridgehead atoms. The Balaban J connectivity index is 1.96. The first-order valence-corrected chi connectivity index (χ1v) is 5.42. The van der Waals surface area contributed by atoms with Crippen molar-refractivity contribution in [2.45, 2.75) is 31.8 Å². The molecular weight excluding hydrogens is 188 g/mol. The van der Waals surface area contributed by atoms with Crippen LogP contribution in [0.5, 0.6) is 0 Å². The van der Waals surface area contributed by atoms with E-state index in [1.165, 1.54) is 12.0 Å². The molecule has 1 aliphatic rings. The highest BCUT2D eigenvalue weighted by molar-refractivity contribution is 5.06. The molecule has 0 spiro atoms. The first kappa shape index (κ1) is 10.3. The molecule has 0 aliphatic heterocycles. The second-order valence-electron chi connectivity index (χ2n) is 4.28. The molecule has 3 heteroatoms. The van der Waals surface area contributed by atoms with Crippen molar-refractivity contribution in [1.82, 2.24) is 4.90 Å². The van der Waals surface area contributed by atoms with Gasteiger partial charge in [-0.05, 0) is 26.0 Å². The van der Waals surface area contributed by atoms with Crippen molar-refractivity contribution in [3.05, 3.63) is 24.2 Å². The fourth-order valence-electron chi connectivity index (χ4n) is 2.41. The summed E-state index contributed by atoms with van der Waals surface area (Å²) in [7, 11) is 2.09. The third-order valence-corrected chi connectivity index (χ3v) is 3.22. The van der Waals surface area contributed by atoms with Gasteiger partial charge >= 0.3 is 0 Å². The molecule has 3 nitrogen and oxygen atoms in total. The molecule has 0 N–H and O–H groups in total. The molecule has 1 saturated carbocycles.